The average Bonchev–Trinajstić information content (AvgIpc) is 1.82. The van der Waals surface area contributed by atoms with Crippen molar-refractivity contribution >= 4 is 0 Å². The summed E-state index contributed by atoms with van der Waals surface area (Å²) in [5.41, 5.74) is 0.224. The van der Waals surface area contributed by atoms with Crippen molar-refractivity contribution in [1.29, 1.82) is 0 Å². The predicted octanol–water partition coefficient (Wildman–Crippen LogP) is 2.14. The topological polar surface area (TPSA) is 38.7 Å². The average molecular weight is 190 g/mol. The molecular formula is C10H22O3. The molecule has 0 rings (SSSR count). The van der Waals surface area contributed by atoms with Gasteiger partial charge in [0, 0.05) is 13.5 Å². The van der Waals surface area contributed by atoms with Gasteiger partial charge in [-0.2, -0.15) is 0 Å². The van der Waals surface area contributed by atoms with E-state index in [1.807, 2.05) is 6.92 Å². The molecule has 80 valence electrons. The molecule has 0 radical (unpaired) electrons. The third-order valence-corrected chi connectivity index (χ3v) is 1.63. The van der Waals surface area contributed by atoms with Gasteiger partial charge < -0.3 is 14.6 Å². The highest BCUT2D eigenvalue weighted by Gasteiger charge is 2.21. The molecule has 0 aromatic rings. The van der Waals surface area contributed by atoms with Crippen LogP contribution in [0.3, 0.4) is 0 Å². The molecule has 1 unspecified atom stereocenters. The third kappa shape index (κ3) is 8.22. The molecule has 0 bridgehead atoms. The van der Waals surface area contributed by atoms with Gasteiger partial charge >= 0.3 is 0 Å². The van der Waals surface area contributed by atoms with Crippen molar-refractivity contribution in [2.24, 2.45) is 5.41 Å². The van der Waals surface area contributed by atoms with E-state index >= 15 is 0 Å². The molecular weight excluding hydrogens is 168 g/mol. The van der Waals surface area contributed by atoms with E-state index in [0.29, 0.717) is 13.2 Å². The van der Waals surface area contributed by atoms with Crippen molar-refractivity contribution in [3.8, 4) is 0 Å². The molecule has 13 heavy (non-hydrogen) atoms. The molecule has 0 saturated heterocycles. The van der Waals surface area contributed by atoms with Gasteiger partial charge in [-0.1, -0.05) is 20.8 Å². The fourth-order valence-corrected chi connectivity index (χ4v) is 0.856. The Balaban J connectivity index is 3.63. The van der Waals surface area contributed by atoms with Gasteiger partial charge in [-0.15, -0.1) is 0 Å². The summed E-state index contributed by atoms with van der Waals surface area (Å²) in [5.74, 6) is -1.43. The van der Waals surface area contributed by atoms with E-state index in [1.54, 1.807) is 0 Å². The summed E-state index contributed by atoms with van der Waals surface area (Å²) >= 11 is 0. The van der Waals surface area contributed by atoms with Gasteiger partial charge in [0.15, 0.2) is 0 Å². The minimum atomic E-state index is -1.43. The first-order valence-corrected chi connectivity index (χ1v) is 4.77. The van der Waals surface area contributed by atoms with Crippen LogP contribution in [0.1, 0.15) is 41.0 Å². The Bertz CT molecular complexity index is 136. The van der Waals surface area contributed by atoms with Gasteiger partial charge in [-0.3, -0.25) is 0 Å². The zero-order valence-corrected chi connectivity index (χ0v) is 9.39. The Morgan fingerprint density at radius 1 is 1.08 bits per heavy atom. The monoisotopic (exact) mass is 190 g/mol. The lowest BCUT2D eigenvalue weighted by Gasteiger charge is -2.25. The van der Waals surface area contributed by atoms with Crippen molar-refractivity contribution in [2.45, 2.75) is 47.0 Å². The summed E-state index contributed by atoms with van der Waals surface area (Å²) in [7, 11) is 0. The van der Waals surface area contributed by atoms with Crippen molar-refractivity contribution in [2.75, 3.05) is 13.2 Å². The molecule has 0 aromatic carbocycles. The smallest absolute Gasteiger partial charge is 0.277 e. The van der Waals surface area contributed by atoms with Crippen LogP contribution in [0.5, 0.6) is 0 Å². The molecule has 0 aliphatic carbocycles. The molecule has 0 saturated carbocycles. The highest BCUT2D eigenvalue weighted by atomic mass is 16.8. The fourth-order valence-electron chi connectivity index (χ4n) is 0.856. The summed E-state index contributed by atoms with van der Waals surface area (Å²) in [5, 5.41) is 9.47. The lowest BCUT2D eigenvalue weighted by atomic mass is 9.93. The van der Waals surface area contributed by atoms with Gasteiger partial charge in [-0.25, -0.2) is 0 Å². The van der Waals surface area contributed by atoms with Crippen LogP contribution in [0.15, 0.2) is 0 Å². The second-order valence-corrected chi connectivity index (χ2v) is 4.49. The molecule has 0 aromatic heterocycles. The molecule has 0 amide bonds. The Hall–Kier alpha value is -0.120. The Morgan fingerprint density at radius 3 is 2.00 bits per heavy atom. The predicted molar refractivity (Wildman–Crippen MR) is 52.3 cm³/mol. The summed E-state index contributed by atoms with van der Waals surface area (Å²) in [6, 6.07) is 0. The molecule has 0 spiro atoms. The third-order valence-electron chi connectivity index (χ3n) is 1.63. The van der Waals surface area contributed by atoms with Crippen LogP contribution >= 0.6 is 0 Å². The molecule has 3 nitrogen and oxygen atoms in total. The maximum absolute atomic E-state index is 9.47. The normalized spacial score (nSPS) is 17.1. The molecule has 0 aliphatic rings. The van der Waals surface area contributed by atoms with Gasteiger partial charge in [0.2, 0.25) is 0 Å². The summed E-state index contributed by atoms with van der Waals surface area (Å²) < 4.78 is 10.2. The SMILES string of the molecule is CCOC(C)(O)OCCC(C)(C)C. The molecule has 1 N–H and O–H groups in total. The maximum Gasteiger partial charge on any atom is 0.277 e. The first-order chi connectivity index (χ1) is 5.77. The van der Waals surface area contributed by atoms with Crippen LogP contribution in [0.25, 0.3) is 0 Å². The van der Waals surface area contributed by atoms with Gasteiger partial charge in [0.05, 0.1) is 6.61 Å². The van der Waals surface area contributed by atoms with Gasteiger partial charge in [-0.05, 0) is 18.8 Å². The lowest BCUT2D eigenvalue weighted by molar-refractivity contribution is -0.348. The highest BCUT2D eigenvalue weighted by molar-refractivity contribution is 4.60. The van der Waals surface area contributed by atoms with Crippen LogP contribution in [0.2, 0.25) is 0 Å². The van der Waals surface area contributed by atoms with E-state index in [1.165, 1.54) is 6.92 Å². The Labute approximate surface area is 81.0 Å². The number of ether oxygens (including phenoxy) is 2. The summed E-state index contributed by atoms with van der Waals surface area (Å²) in [6.07, 6.45) is 0.899. The van der Waals surface area contributed by atoms with E-state index < -0.39 is 5.97 Å². The zero-order valence-electron chi connectivity index (χ0n) is 9.39. The first kappa shape index (κ1) is 12.9. The number of hydrogen-bond donors (Lipinski definition) is 1. The van der Waals surface area contributed by atoms with Crippen molar-refractivity contribution in [3.63, 3.8) is 0 Å². The second-order valence-electron chi connectivity index (χ2n) is 4.49. The largest absolute Gasteiger partial charge is 0.344 e. The maximum atomic E-state index is 9.47. The molecule has 1 atom stereocenters. The van der Waals surface area contributed by atoms with Gasteiger partial charge in [0.25, 0.3) is 5.97 Å². The number of rotatable bonds is 5. The van der Waals surface area contributed by atoms with Crippen LogP contribution in [-0.4, -0.2) is 24.3 Å². The Kier molecular flexibility index (Phi) is 4.89. The van der Waals surface area contributed by atoms with Crippen LogP contribution in [-0.2, 0) is 9.47 Å². The summed E-state index contributed by atoms with van der Waals surface area (Å²) in [4.78, 5) is 0. The van der Waals surface area contributed by atoms with Crippen LogP contribution < -0.4 is 0 Å². The second kappa shape index (κ2) is 4.94. The lowest BCUT2D eigenvalue weighted by Crippen LogP contribution is -2.33. The standard InChI is InChI=1S/C10H22O3/c1-6-12-10(5,11)13-8-7-9(2,3)4/h11H,6-8H2,1-5H3. The molecule has 3 heteroatoms. The summed E-state index contributed by atoms with van der Waals surface area (Å²) in [6.45, 7) is 10.7. The first-order valence-electron chi connectivity index (χ1n) is 4.77. The number of aliphatic hydroxyl groups is 1. The molecule has 0 heterocycles. The molecule has 0 aliphatic heterocycles. The minimum Gasteiger partial charge on any atom is -0.344 e. The zero-order chi connectivity index (χ0) is 10.5. The minimum absolute atomic E-state index is 0.224. The van der Waals surface area contributed by atoms with E-state index in [9.17, 15) is 5.11 Å². The number of hydrogen-bond acceptors (Lipinski definition) is 3. The van der Waals surface area contributed by atoms with Crippen molar-refractivity contribution < 1.29 is 14.6 Å². The fraction of sp³-hybridized carbons (Fsp3) is 1.00. The van der Waals surface area contributed by atoms with E-state index in [0.717, 1.165) is 6.42 Å². The van der Waals surface area contributed by atoms with E-state index in [4.69, 9.17) is 9.47 Å². The van der Waals surface area contributed by atoms with Gasteiger partial charge in [0.1, 0.15) is 0 Å². The Morgan fingerprint density at radius 2 is 1.62 bits per heavy atom. The van der Waals surface area contributed by atoms with E-state index in [-0.39, 0.29) is 5.41 Å². The highest BCUT2D eigenvalue weighted by Crippen LogP contribution is 2.19. The van der Waals surface area contributed by atoms with Crippen molar-refractivity contribution in [3.05, 3.63) is 0 Å². The van der Waals surface area contributed by atoms with Crippen LogP contribution in [0.4, 0.5) is 0 Å². The van der Waals surface area contributed by atoms with Crippen LogP contribution in [0, 0.1) is 5.41 Å². The van der Waals surface area contributed by atoms with E-state index in [2.05, 4.69) is 20.8 Å². The quantitative estimate of drug-likeness (QED) is 0.675. The van der Waals surface area contributed by atoms with Crippen molar-refractivity contribution in [1.82, 2.24) is 0 Å². The molecule has 0 fully saturated rings.